The second-order valence-electron chi connectivity index (χ2n) is 6.11. The number of benzene rings is 2. The fraction of sp³-hybridized carbons (Fsp3) is 0.381. The molecule has 146 valence electrons. The van der Waals surface area contributed by atoms with E-state index >= 15 is 0 Å². The molecule has 0 spiro atoms. The summed E-state index contributed by atoms with van der Waals surface area (Å²) in [4.78, 5) is 12.4. The summed E-state index contributed by atoms with van der Waals surface area (Å²) in [5, 5.41) is 5.99. The van der Waals surface area contributed by atoms with Crippen molar-refractivity contribution in [3.63, 3.8) is 0 Å². The highest BCUT2D eigenvalue weighted by Crippen LogP contribution is 2.25. The Hall–Kier alpha value is -2.73. The van der Waals surface area contributed by atoms with E-state index in [4.69, 9.17) is 14.2 Å². The van der Waals surface area contributed by atoms with Crippen molar-refractivity contribution in [3.8, 4) is 11.5 Å². The quantitative estimate of drug-likeness (QED) is 0.585. The summed E-state index contributed by atoms with van der Waals surface area (Å²) in [7, 11) is 0. The first-order valence-electron chi connectivity index (χ1n) is 9.19. The van der Waals surface area contributed by atoms with Gasteiger partial charge in [-0.3, -0.25) is 4.79 Å². The predicted molar refractivity (Wildman–Crippen MR) is 108 cm³/mol. The van der Waals surface area contributed by atoms with E-state index in [9.17, 15) is 4.79 Å². The normalized spacial score (nSPS) is 10.5. The van der Waals surface area contributed by atoms with Crippen LogP contribution in [0.4, 0.5) is 11.4 Å². The van der Waals surface area contributed by atoms with Crippen LogP contribution in [0.1, 0.15) is 20.8 Å². The van der Waals surface area contributed by atoms with Gasteiger partial charge < -0.3 is 24.8 Å². The lowest BCUT2D eigenvalue weighted by molar-refractivity contribution is -0.114. The molecule has 0 unspecified atom stereocenters. The largest absolute Gasteiger partial charge is 0.489 e. The molecule has 0 aliphatic carbocycles. The van der Waals surface area contributed by atoms with Crippen LogP contribution in [-0.4, -0.2) is 38.4 Å². The van der Waals surface area contributed by atoms with Crippen LogP contribution in [-0.2, 0) is 9.53 Å². The minimum atomic E-state index is -0.171. The summed E-state index contributed by atoms with van der Waals surface area (Å²) in [5.41, 5.74) is 1.41. The highest BCUT2D eigenvalue weighted by atomic mass is 16.5. The maximum absolute atomic E-state index is 12.4. The van der Waals surface area contributed by atoms with Crippen LogP contribution in [0.25, 0.3) is 0 Å². The molecule has 2 N–H and O–H groups in total. The molecule has 0 aromatic heterocycles. The van der Waals surface area contributed by atoms with E-state index in [0.717, 1.165) is 11.4 Å². The number of amides is 1. The summed E-state index contributed by atoms with van der Waals surface area (Å²) < 4.78 is 16.7. The molecule has 0 saturated carbocycles. The van der Waals surface area contributed by atoms with Crippen molar-refractivity contribution in [2.24, 2.45) is 0 Å². The second kappa shape index (κ2) is 11.1. The second-order valence-corrected chi connectivity index (χ2v) is 6.11. The lowest BCUT2D eigenvalue weighted by atomic mass is 10.2. The van der Waals surface area contributed by atoms with Crippen LogP contribution in [0, 0.1) is 0 Å². The molecule has 27 heavy (non-hydrogen) atoms. The van der Waals surface area contributed by atoms with Gasteiger partial charge in [0.25, 0.3) is 0 Å². The minimum Gasteiger partial charge on any atom is -0.489 e. The smallest absolute Gasteiger partial charge is 0.243 e. The molecule has 0 aliphatic rings. The maximum Gasteiger partial charge on any atom is 0.243 e. The molecule has 6 nitrogen and oxygen atoms in total. The zero-order valence-electron chi connectivity index (χ0n) is 16.2. The number of ether oxygens (including phenoxy) is 3. The summed E-state index contributed by atoms with van der Waals surface area (Å²) in [6, 6.07) is 14.9. The third-order valence-corrected chi connectivity index (χ3v) is 3.54. The molecule has 2 aromatic rings. The van der Waals surface area contributed by atoms with Gasteiger partial charge in [-0.2, -0.15) is 0 Å². The van der Waals surface area contributed by atoms with Crippen molar-refractivity contribution >= 4 is 17.3 Å². The lowest BCUT2D eigenvalue weighted by Gasteiger charge is -2.16. The van der Waals surface area contributed by atoms with Gasteiger partial charge in [-0.05, 0) is 45.0 Å². The number of hydrogen-bond donors (Lipinski definition) is 2. The minimum absolute atomic E-state index is 0.0579. The van der Waals surface area contributed by atoms with Crippen LogP contribution in [0.2, 0.25) is 0 Å². The molecule has 0 radical (unpaired) electrons. The summed E-state index contributed by atoms with van der Waals surface area (Å²) in [6.45, 7) is 7.57. The van der Waals surface area contributed by atoms with E-state index in [1.807, 2.05) is 69.3 Å². The van der Waals surface area contributed by atoms with E-state index < -0.39 is 0 Å². The fourth-order valence-electron chi connectivity index (χ4n) is 2.39. The van der Waals surface area contributed by atoms with E-state index in [1.165, 1.54) is 0 Å². The SMILES string of the molecule is CCOCCOc1ccccc1NC(=O)CNc1ccccc1OC(C)C. The van der Waals surface area contributed by atoms with E-state index in [2.05, 4.69) is 10.6 Å². The maximum atomic E-state index is 12.4. The number of rotatable bonds is 11. The van der Waals surface area contributed by atoms with Gasteiger partial charge in [0.15, 0.2) is 0 Å². The van der Waals surface area contributed by atoms with Crippen LogP contribution in [0.5, 0.6) is 11.5 Å². The third-order valence-electron chi connectivity index (χ3n) is 3.54. The lowest BCUT2D eigenvalue weighted by Crippen LogP contribution is -2.22. The molecular formula is C21H28N2O4. The zero-order chi connectivity index (χ0) is 19.5. The fourth-order valence-corrected chi connectivity index (χ4v) is 2.39. The van der Waals surface area contributed by atoms with Crippen molar-refractivity contribution in [1.29, 1.82) is 0 Å². The highest BCUT2D eigenvalue weighted by molar-refractivity contribution is 5.95. The number of hydrogen-bond acceptors (Lipinski definition) is 5. The van der Waals surface area contributed by atoms with Crippen LogP contribution >= 0.6 is 0 Å². The van der Waals surface area contributed by atoms with Crippen molar-refractivity contribution in [2.75, 3.05) is 37.0 Å². The summed E-state index contributed by atoms with van der Waals surface area (Å²) >= 11 is 0. The molecule has 0 aliphatic heterocycles. The van der Waals surface area contributed by atoms with E-state index in [0.29, 0.717) is 31.3 Å². The average Bonchev–Trinajstić information content (AvgIpc) is 2.65. The van der Waals surface area contributed by atoms with E-state index in [1.54, 1.807) is 0 Å². The topological polar surface area (TPSA) is 68.8 Å². The molecule has 0 saturated heterocycles. The number of nitrogens with one attached hydrogen (secondary N) is 2. The van der Waals surface area contributed by atoms with Gasteiger partial charge in [-0.25, -0.2) is 0 Å². The molecular weight excluding hydrogens is 344 g/mol. The van der Waals surface area contributed by atoms with Gasteiger partial charge in [0.2, 0.25) is 5.91 Å². The Labute approximate surface area is 160 Å². The van der Waals surface area contributed by atoms with E-state index in [-0.39, 0.29) is 18.6 Å². The Balaban J connectivity index is 1.91. The van der Waals surface area contributed by atoms with Gasteiger partial charge in [0, 0.05) is 6.61 Å². The first-order chi connectivity index (χ1) is 13.1. The monoisotopic (exact) mass is 372 g/mol. The van der Waals surface area contributed by atoms with Gasteiger partial charge >= 0.3 is 0 Å². The highest BCUT2D eigenvalue weighted by Gasteiger charge is 2.10. The molecule has 0 heterocycles. The van der Waals surface area contributed by atoms with Crippen molar-refractivity contribution in [1.82, 2.24) is 0 Å². The molecule has 2 rings (SSSR count). The Kier molecular flexibility index (Phi) is 8.45. The third kappa shape index (κ3) is 7.19. The molecule has 6 heteroatoms. The Bertz CT molecular complexity index is 719. The van der Waals surface area contributed by atoms with Crippen molar-refractivity contribution in [3.05, 3.63) is 48.5 Å². The first-order valence-corrected chi connectivity index (χ1v) is 9.19. The summed E-state index contributed by atoms with van der Waals surface area (Å²) in [5.74, 6) is 1.17. The Morgan fingerprint density at radius 1 is 0.963 bits per heavy atom. The first kappa shape index (κ1) is 20.6. The van der Waals surface area contributed by atoms with Crippen LogP contribution < -0.4 is 20.1 Å². The number of carbonyl (C=O) groups is 1. The van der Waals surface area contributed by atoms with Crippen molar-refractivity contribution < 1.29 is 19.0 Å². The molecule has 0 fully saturated rings. The Morgan fingerprint density at radius 3 is 2.33 bits per heavy atom. The molecule has 2 aromatic carbocycles. The molecule has 0 bridgehead atoms. The average molecular weight is 372 g/mol. The van der Waals surface area contributed by atoms with Crippen molar-refractivity contribution in [2.45, 2.75) is 26.9 Å². The van der Waals surface area contributed by atoms with Gasteiger partial charge in [-0.1, -0.05) is 24.3 Å². The van der Waals surface area contributed by atoms with Gasteiger partial charge in [-0.15, -0.1) is 0 Å². The van der Waals surface area contributed by atoms with Gasteiger partial charge in [0.05, 0.1) is 30.6 Å². The number of carbonyl (C=O) groups excluding carboxylic acids is 1. The van der Waals surface area contributed by atoms with Gasteiger partial charge in [0.1, 0.15) is 18.1 Å². The van der Waals surface area contributed by atoms with Crippen LogP contribution in [0.15, 0.2) is 48.5 Å². The predicted octanol–water partition coefficient (Wildman–Crippen LogP) is 3.94. The number of anilines is 2. The Morgan fingerprint density at radius 2 is 1.63 bits per heavy atom. The standard InChI is InChI=1S/C21H28N2O4/c1-4-25-13-14-26-19-11-7-6-10-18(19)23-21(24)15-22-17-9-5-8-12-20(17)27-16(2)3/h5-12,16,22H,4,13-15H2,1-3H3,(H,23,24). The molecule has 1 amide bonds. The molecule has 0 atom stereocenters. The number of para-hydroxylation sites is 4. The zero-order valence-corrected chi connectivity index (χ0v) is 16.2. The van der Waals surface area contributed by atoms with Crippen LogP contribution in [0.3, 0.4) is 0 Å². The summed E-state index contributed by atoms with van der Waals surface area (Å²) in [6.07, 6.45) is 0.0579.